The summed E-state index contributed by atoms with van der Waals surface area (Å²) in [6.45, 7) is 5.02. The van der Waals surface area contributed by atoms with Crippen LogP contribution < -0.4 is 10.1 Å². The molecular formula is C25H29FN4O2. The van der Waals surface area contributed by atoms with E-state index in [-0.39, 0.29) is 24.0 Å². The van der Waals surface area contributed by atoms with Crippen molar-refractivity contribution in [2.45, 2.75) is 50.3 Å². The second kappa shape index (κ2) is 8.05. The van der Waals surface area contributed by atoms with E-state index in [1.54, 1.807) is 0 Å². The van der Waals surface area contributed by atoms with Crippen molar-refractivity contribution < 1.29 is 13.9 Å². The molecule has 0 radical (unpaired) electrons. The molecule has 1 saturated carbocycles. The molecule has 2 aliphatic heterocycles. The Morgan fingerprint density at radius 1 is 1.22 bits per heavy atom. The lowest BCUT2D eigenvalue weighted by molar-refractivity contribution is -0.0465. The summed E-state index contributed by atoms with van der Waals surface area (Å²) in [7, 11) is 0. The Labute approximate surface area is 187 Å². The van der Waals surface area contributed by atoms with Gasteiger partial charge in [0.25, 0.3) is 0 Å². The highest BCUT2D eigenvalue weighted by Crippen LogP contribution is 2.40. The number of hydrogen-bond donors (Lipinski definition) is 2. The molecule has 2 aromatic carbocycles. The predicted octanol–water partition coefficient (Wildman–Crippen LogP) is 4.60. The van der Waals surface area contributed by atoms with Crippen molar-refractivity contribution >= 4 is 16.7 Å². The fraction of sp³-hybridized carbons (Fsp3) is 0.480. The van der Waals surface area contributed by atoms with Gasteiger partial charge in [0.1, 0.15) is 29.5 Å². The first-order valence-electron chi connectivity index (χ1n) is 11.7. The van der Waals surface area contributed by atoms with Crippen molar-refractivity contribution in [2.24, 2.45) is 0 Å². The Morgan fingerprint density at radius 3 is 2.94 bits per heavy atom. The van der Waals surface area contributed by atoms with E-state index in [1.807, 2.05) is 6.07 Å². The van der Waals surface area contributed by atoms with Crippen LogP contribution >= 0.6 is 0 Å². The van der Waals surface area contributed by atoms with E-state index in [0.717, 1.165) is 41.2 Å². The van der Waals surface area contributed by atoms with Gasteiger partial charge >= 0.3 is 0 Å². The van der Waals surface area contributed by atoms with E-state index in [0.29, 0.717) is 24.9 Å². The van der Waals surface area contributed by atoms with Crippen LogP contribution in [0.25, 0.3) is 11.0 Å². The number of anilines is 1. The second-order valence-corrected chi connectivity index (χ2v) is 9.31. The first kappa shape index (κ1) is 20.0. The first-order valence-corrected chi connectivity index (χ1v) is 11.7. The number of imidazole rings is 1. The zero-order valence-electron chi connectivity index (χ0n) is 18.3. The zero-order chi connectivity index (χ0) is 21.7. The third-order valence-electron chi connectivity index (χ3n) is 7.18. The number of fused-ring (bicyclic) bond motifs is 2. The summed E-state index contributed by atoms with van der Waals surface area (Å²) < 4.78 is 25.7. The predicted molar refractivity (Wildman–Crippen MR) is 122 cm³/mol. The number of benzene rings is 2. The molecule has 0 amide bonds. The van der Waals surface area contributed by atoms with Gasteiger partial charge in [0.15, 0.2) is 0 Å². The average Bonchev–Trinajstić information content (AvgIpc) is 3.17. The lowest BCUT2D eigenvalue weighted by atomic mass is 9.85. The van der Waals surface area contributed by atoms with Gasteiger partial charge in [0, 0.05) is 30.6 Å². The normalized spacial score (nSPS) is 26.4. The lowest BCUT2D eigenvalue weighted by Gasteiger charge is -2.44. The number of para-hydroxylation sites is 1. The maximum atomic E-state index is 13.9. The van der Waals surface area contributed by atoms with Gasteiger partial charge in [-0.1, -0.05) is 18.6 Å². The SMILES string of the molecule is CC1CN(C2COc3cc(F)ccc3C2Nc2cccc3[nH]c(C4CCC4)nc23)CCO1. The molecule has 1 aromatic heterocycles. The summed E-state index contributed by atoms with van der Waals surface area (Å²) in [6, 6.07) is 11.2. The van der Waals surface area contributed by atoms with Crippen molar-refractivity contribution in [3.8, 4) is 5.75 Å². The number of aromatic amines is 1. The van der Waals surface area contributed by atoms with Gasteiger partial charge in [-0.05, 0) is 38.0 Å². The molecule has 1 saturated heterocycles. The van der Waals surface area contributed by atoms with Crippen molar-refractivity contribution in [2.75, 3.05) is 31.6 Å². The number of morpholine rings is 1. The maximum Gasteiger partial charge on any atom is 0.127 e. The van der Waals surface area contributed by atoms with E-state index in [9.17, 15) is 4.39 Å². The molecular weight excluding hydrogens is 407 g/mol. The van der Waals surface area contributed by atoms with Crippen LogP contribution in [0.3, 0.4) is 0 Å². The lowest BCUT2D eigenvalue weighted by Crippen LogP contribution is -2.54. The van der Waals surface area contributed by atoms with E-state index >= 15 is 0 Å². The molecule has 3 aromatic rings. The fourth-order valence-corrected chi connectivity index (χ4v) is 5.22. The third-order valence-corrected chi connectivity index (χ3v) is 7.18. The number of nitrogens with zero attached hydrogens (tertiary/aromatic N) is 2. The molecule has 2 N–H and O–H groups in total. The highest BCUT2D eigenvalue weighted by atomic mass is 19.1. The molecule has 32 heavy (non-hydrogen) atoms. The van der Waals surface area contributed by atoms with Gasteiger partial charge in [-0.2, -0.15) is 0 Å². The standard InChI is InChI=1S/C25H29FN4O2/c1-15-13-30(10-11-31-15)21-14-32-22-12-17(26)8-9-18(22)23(21)27-19-6-3-7-20-24(19)29-25(28-20)16-4-2-5-16/h3,6-9,12,15-16,21,23,27H,2,4-5,10-11,13-14H2,1H3,(H,28,29). The zero-order valence-corrected chi connectivity index (χ0v) is 18.3. The second-order valence-electron chi connectivity index (χ2n) is 9.31. The van der Waals surface area contributed by atoms with Crippen LogP contribution in [-0.4, -0.2) is 53.3 Å². The molecule has 0 bridgehead atoms. The summed E-state index contributed by atoms with van der Waals surface area (Å²) in [6.07, 6.45) is 3.87. The molecule has 3 aliphatic rings. The fourth-order valence-electron chi connectivity index (χ4n) is 5.22. The van der Waals surface area contributed by atoms with Crippen LogP contribution in [-0.2, 0) is 4.74 Å². The van der Waals surface area contributed by atoms with Crippen LogP contribution in [0.1, 0.15) is 49.5 Å². The van der Waals surface area contributed by atoms with E-state index in [2.05, 4.69) is 40.3 Å². The number of ether oxygens (including phenoxy) is 2. The summed E-state index contributed by atoms with van der Waals surface area (Å²) in [5.41, 5.74) is 4.00. The highest BCUT2D eigenvalue weighted by molar-refractivity contribution is 5.88. The minimum Gasteiger partial charge on any atom is -0.491 e. The number of H-pyrrole nitrogens is 1. The molecule has 3 heterocycles. The summed E-state index contributed by atoms with van der Waals surface area (Å²) in [5, 5.41) is 3.78. The van der Waals surface area contributed by atoms with Crippen LogP contribution in [0.2, 0.25) is 0 Å². The van der Waals surface area contributed by atoms with Crippen LogP contribution in [0.5, 0.6) is 5.75 Å². The van der Waals surface area contributed by atoms with Gasteiger partial charge < -0.3 is 19.8 Å². The van der Waals surface area contributed by atoms with Crippen molar-refractivity contribution in [3.05, 3.63) is 53.6 Å². The van der Waals surface area contributed by atoms with Crippen LogP contribution in [0, 0.1) is 5.82 Å². The van der Waals surface area contributed by atoms with Gasteiger partial charge in [-0.25, -0.2) is 9.37 Å². The number of rotatable bonds is 4. The Bertz CT molecular complexity index is 1130. The molecule has 6 nitrogen and oxygen atoms in total. The molecule has 0 spiro atoms. The van der Waals surface area contributed by atoms with Crippen molar-refractivity contribution in [3.63, 3.8) is 0 Å². The topological polar surface area (TPSA) is 62.4 Å². The van der Waals surface area contributed by atoms with E-state index in [1.165, 1.54) is 31.4 Å². The minimum atomic E-state index is -0.277. The largest absolute Gasteiger partial charge is 0.491 e. The molecule has 2 fully saturated rings. The highest BCUT2D eigenvalue weighted by Gasteiger charge is 2.37. The van der Waals surface area contributed by atoms with Crippen molar-refractivity contribution in [1.29, 1.82) is 0 Å². The average molecular weight is 437 g/mol. The van der Waals surface area contributed by atoms with Gasteiger partial charge in [-0.3, -0.25) is 4.90 Å². The number of nitrogens with one attached hydrogen (secondary N) is 2. The Kier molecular flexibility index (Phi) is 5.03. The quantitative estimate of drug-likeness (QED) is 0.626. The molecule has 3 unspecified atom stereocenters. The monoisotopic (exact) mass is 436 g/mol. The number of hydrogen-bond acceptors (Lipinski definition) is 5. The van der Waals surface area contributed by atoms with Crippen molar-refractivity contribution in [1.82, 2.24) is 14.9 Å². The van der Waals surface area contributed by atoms with E-state index in [4.69, 9.17) is 14.5 Å². The Hall–Kier alpha value is -2.64. The van der Waals surface area contributed by atoms with Crippen LogP contribution in [0.15, 0.2) is 36.4 Å². The van der Waals surface area contributed by atoms with Crippen LogP contribution in [0.4, 0.5) is 10.1 Å². The van der Waals surface area contributed by atoms with E-state index < -0.39 is 0 Å². The third kappa shape index (κ3) is 3.53. The van der Waals surface area contributed by atoms with Gasteiger partial charge in [-0.15, -0.1) is 0 Å². The summed E-state index contributed by atoms with van der Waals surface area (Å²) in [4.78, 5) is 10.9. The smallest absolute Gasteiger partial charge is 0.127 e. The molecule has 6 rings (SSSR count). The summed E-state index contributed by atoms with van der Waals surface area (Å²) >= 11 is 0. The Balaban J connectivity index is 1.38. The number of halogens is 1. The molecule has 3 atom stereocenters. The molecule has 1 aliphatic carbocycles. The maximum absolute atomic E-state index is 13.9. The molecule has 7 heteroatoms. The summed E-state index contributed by atoms with van der Waals surface area (Å²) in [5.74, 6) is 1.98. The number of aromatic nitrogens is 2. The molecule has 168 valence electrons. The first-order chi connectivity index (χ1) is 15.7. The van der Waals surface area contributed by atoms with Gasteiger partial charge in [0.05, 0.1) is 36.0 Å². The Morgan fingerprint density at radius 2 is 2.12 bits per heavy atom. The minimum absolute atomic E-state index is 0.0425. The van der Waals surface area contributed by atoms with Gasteiger partial charge in [0.2, 0.25) is 0 Å².